The van der Waals surface area contributed by atoms with Gasteiger partial charge in [0.2, 0.25) is 0 Å². The average Bonchev–Trinajstić information content (AvgIpc) is 3.44. The van der Waals surface area contributed by atoms with E-state index in [4.69, 9.17) is 5.73 Å². The number of amides is 1. The molecule has 1 amide bonds. The molecule has 0 radical (unpaired) electrons. The van der Waals surface area contributed by atoms with Crippen LogP contribution in [-0.4, -0.2) is 25.8 Å². The van der Waals surface area contributed by atoms with Crippen LogP contribution in [0.4, 0.5) is 5.69 Å². The van der Waals surface area contributed by atoms with Crippen molar-refractivity contribution in [1.82, 2.24) is 19.9 Å². The topological polar surface area (TPSA) is 99.9 Å². The number of anilines is 1. The first-order valence-corrected chi connectivity index (χ1v) is 13.8. The molecule has 2 heterocycles. The fourth-order valence-electron chi connectivity index (χ4n) is 5.00. The molecule has 0 atom stereocenters. The first-order valence-electron chi connectivity index (χ1n) is 13.8. The van der Waals surface area contributed by atoms with Gasteiger partial charge in [0.1, 0.15) is 5.82 Å². The highest BCUT2D eigenvalue weighted by molar-refractivity contribution is 6.04. The van der Waals surface area contributed by atoms with Gasteiger partial charge in [-0.25, -0.2) is 4.98 Å². The van der Waals surface area contributed by atoms with Crippen LogP contribution in [0, 0.1) is 6.92 Å². The number of pyridine rings is 1. The van der Waals surface area contributed by atoms with Crippen molar-refractivity contribution in [3.8, 4) is 0 Å². The molecule has 39 heavy (non-hydrogen) atoms. The molecule has 0 bridgehead atoms. The first kappa shape index (κ1) is 28.2. The van der Waals surface area contributed by atoms with Gasteiger partial charge in [0.25, 0.3) is 5.91 Å². The van der Waals surface area contributed by atoms with Crippen molar-refractivity contribution in [3.63, 3.8) is 0 Å². The molecule has 7 nitrogen and oxygen atoms in total. The molecule has 2 aromatic carbocycles. The van der Waals surface area contributed by atoms with Gasteiger partial charge < -0.3 is 16.0 Å². The largest absolute Gasteiger partial charge is 0.348 e. The maximum Gasteiger partial charge on any atom is 0.255 e. The molecule has 0 fully saturated rings. The number of aromatic nitrogens is 3. The minimum absolute atomic E-state index is 0.133. The Balaban J connectivity index is 1.40. The van der Waals surface area contributed by atoms with E-state index >= 15 is 0 Å². The first-order chi connectivity index (χ1) is 18.9. The molecule has 0 spiro atoms. The minimum atomic E-state index is -0.317. The number of hydrogen-bond acceptors (Lipinski definition) is 5. The third-order valence-electron chi connectivity index (χ3n) is 7.02. The van der Waals surface area contributed by atoms with E-state index in [9.17, 15) is 4.79 Å². The summed E-state index contributed by atoms with van der Waals surface area (Å²) >= 11 is 0. The highest BCUT2D eigenvalue weighted by Gasteiger charge is 2.25. The summed E-state index contributed by atoms with van der Waals surface area (Å²) in [6.07, 6.45) is 9.45. The Morgan fingerprint density at radius 3 is 2.23 bits per heavy atom. The molecule has 4 N–H and O–H groups in total. The second-order valence-corrected chi connectivity index (χ2v) is 10.4. The summed E-state index contributed by atoms with van der Waals surface area (Å²) in [5, 5.41) is 3.02. The van der Waals surface area contributed by atoms with Crippen molar-refractivity contribution >= 4 is 11.6 Å². The van der Waals surface area contributed by atoms with Crippen molar-refractivity contribution in [2.24, 2.45) is 5.73 Å². The second kappa shape index (κ2) is 13.3. The van der Waals surface area contributed by atoms with E-state index in [-0.39, 0.29) is 11.4 Å². The molecule has 0 aliphatic rings. The highest BCUT2D eigenvalue weighted by Crippen LogP contribution is 2.29. The number of aryl methyl sites for hydroxylation is 1. The number of rotatable bonds is 13. The molecule has 0 aliphatic heterocycles. The van der Waals surface area contributed by atoms with Gasteiger partial charge in [0, 0.05) is 48.5 Å². The fourth-order valence-corrected chi connectivity index (χ4v) is 5.00. The van der Waals surface area contributed by atoms with Crippen LogP contribution in [0.25, 0.3) is 0 Å². The van der Waals surface area contributed by atoms with Crippen LogP contribution in [0.2, 0.25) is 0 Å². The van der Waals surface area contributed by atoms with E-state index < -0.39 is 0 Å². The molecular weight excluding hydrogens is 484 g/mol. The van der Waals surface area contributed by atoms with E-state index in [1.807, 2.05) is 67.8 Å². The van der Waals surface area contributed by atoms with E-state index in [0.717, 1.165) is 59.6 Å². The van der Waals surface area contributed by atoms with E-state index in [2.05, 4.69) is 51.1 Å². The Labute approximate surface area is 231 Å². The lowest BCUT2D eigenvalue weighted by Crippen LogP contribution is -2.36. The molecule has 0 saturated heterocycles. The van der Waals surface area contributed by atoms with Crippen LogP contribution in [0.15, 0.2) is 79.3 Å². The van der Waals surface area contributed by atoms with Gasteiger partial charge in [-0.2, -0.15) is 0 Å². The zero-order valence-electron chi connectivity index (χ0n) is 23.3. The summed E-state index contributed by atoms with van der Waals surface area (Å²) in [6.45, 7) is 8.43. The molecule has 0 saturated carbocycles. The summed E-state index contributed by atoms with van der Waals surface area (Å²) in [7, 11) is 0. The minimum Gasteiger partial charge on any atom is -0.348 e. The molecule has 0 unspecified atom stereocenters. The monoisotopic (exact) mass is 524 g/mol. The van der Waals surface area contributed by atoms with Crippen molar-refractivity contribution < 1.29 is 4.79 Å². The van der Waals surface area contributed by atoms with Crippen molar-refractivity contribution in [2.75, 3.05) is 5.32 Å². The Morgan fingerprint density at radius 2 is 1.64 bits per heavy atom. The molecule has 7 heteroatoms. The van der Waals surface area contributed by atoms with Crippen LogP contribution >= 0.6 is 0 Å². The number of imidazole rings is 1. The summed E-state index contributed by atoms with van der Waals surface area (Å²) < 4.78 is 0. The number of carbonyl (C=O) groups excluding carboxylic acids is 1. The van der Waals surface area contributed by atoms with Crippen molar-refractivity contribution in [3.05, 3.63) is 113 Å². The normalized spacial score (nSPS) is 11.6. The molecule has 2 aromatic heterocycles. The molecule has 204 valence electrons. The summed E-state index contributed by atoms with van der Waals surface area (Å²) in [6, 6.07) is 19.9. The predicted octanol–water partition coefficient (Wildman–Crippen LogP) is 6.32. The SMILES string of the molecule is CCCC(N)(CCC)c1ccc(NC(=O)c2ccc(CN(Cc3ccc(C)cn3)Cc3ncc[nH]3)cc2)cc1. The molecular formula is C32H40N6O. The van der Waals surface area contributed by atoms with Crippen LogP contribution in [-0.2, 0) is 25.2 Å². The number of nitrogens with one attached hydrogen (secondary N) is 2. The van der Waals surface area contributed by atoms with Crippen molar-refractivity contribution in [2.45, 2.75) is 71.6 Å². The summed E-state index contributed by atoms with van der Waals surface area (Å²) in [5.74, 6) is 0.770. The maximum atomic E-state index is 12.9. The third-order valence-corrected chi connectivity index (χ3v) is 7.02. The van der Waals surface area contributed by atoms with Gasteiger partial charge in [-0.05, 0) is 66.8 Å². The number of nitrogens with zero attached hydrogens (tertiary/aromatic N) is 3. The molecule has 0 aliphatic carbocycles. The maximum absolute atomic E-state index is 12.9. The number of nitrogens with two attached hydrogens (primary N) is 1. The second-order valence-electron chi connectivity index (χ2n) is 10.4. The van der Waals surface area contributed by atoms with Gasteiger partial charge in [-0.3, -0.25) is 14.7 Å². The Kier molecular flexibility index (Phi) is 9.63. The van der Waals surface area contributed by atoms with Crippen LogP contribution in [0.3, 0.4) is 0 Å². The van der Waals surface area contributed by atoms with Gasteiger partial charge in [-0.1, -0.05) is 57.0 Å². The van der Waals surface area contributed by atoms with E-state index in [1.54, 1.807) is 6.20 Å². The number of carbonyl (C=O) groups is 1. The van der Waals surface area contributed by atoms with Crippen LogP contribution in [0.1, 0.15) is 78.1 Å². The lowest BCUT2D eigenvalue weighted by molar-refractivity contribution is 0.102. The third kappa shape index (κ3) is 7.85. The standard InChI is InChI=1S/C32H40N6O/c1-4-16-32(33,17-5-2)27-11-14-28(15-12-27)37-31(39)26-9-7-25(8-10-26)21-38(23-30-34-18-19-35-30)22-29-13-6-24(3)20-36-29/h6-15,18-20H,4-5,16-17,21-23,33H2,1-3H3,(H,34,35)(H,37,39). The predicted molar refractivity (Wildman–Crippen MR) is 157 cm³/mol. The number of benzene rings is 2. The van der Waals surface area contributed by atoms with Crippen LogP contribution in [0.5, 0.6) is 0 Å². The fraction of sp³-hybridized carbons (Fsp3) is 0.344. The van der Waals surface area contributed by atoms with Gasteiger partial charge in [-0.15, -0.1) is 0 Å². The summed E-state index contributed by atoms with van der Waals surface area (Å²) in [4.78, 5) is 27.4. The lowest BCUT2D eigenvalue weighted by Gasteiger charge is -2.29. The van der Waals surface area contributed by atoms with Gasteiger partial charge in [0.05, 0.1) is 12.2 Å². The van der Waals surface area contributed by atoms with E-state index in [0.29, 0.717) is 25.2 Å². The lowest BCUT2D eigenvalue weighted by atomic mass is 9.83. The smallest absolute Gasteiger partial charge is 0.255 e. The number of H-pyrrole nitrogens is 1. The highest BCUT2D eigenvalue weighted by atomic mass is 16.1. The quantitative estimate of drug-likeness (QED) is 0.190. The zero-order valence-corrected chi connectivity index (χ0v) is 23.3. The zero-order chi connectivity index (χ0) is 27.7. The van der Waals surface area contributed by atoms with E-state index in [1.165, 1.54) is 0 Å². The van der Waals surface area contributed by atoms with Crippen molar-refractivity contribution in [1.29, 1.82) is 0 Å². The van der Waals surface area contributed by atoms with Crippen LogP contribution < -0.4 is 11.1 Å². The Bertz CT molecular complexity index is 1290. The number of aromatic amines is 1. The van der Waals surface area contributed by atoms with Gasteiger partial charge in [0.15, 0.2) is 0 Å². The Morgan fingerprint density at radius 1 is 0.923 bits per heavy atom. The molecule has 4 rings (SSSR count). The summed E-state index contributed by atoms with van der Waals surface area (Å²) in [5.41, 5.74) is 12.2. The number of hydrogen-bond donors (Lipinski definition) is 3. The Hall–Kier alpha value is -3.81. The average molecular weight is 525 g/mol. The molecule has 4 aromatic rings. The van der Waals surface area contributed by atoms with Gasteiger partial charge >= 0.3 is 0 Å².